The van der Waals surface area contributed by atoms with Gasteiger partial charge in [-0.2, -0.15) is 0 Å². The molecule has 0 saturated carbocycles. The SMILES string of the molecule is COC(=O)NC(=O)CSc1nccnc1N. The van der Waals surface area contributed by atoms with Gasteiger partial charge in [0.2, 0.25) is 5.91 Å². The maximum absolute atomic E-state index is 11.2. The fourth-order valence-corrected chi connectivity index (χ4v) is 1.46. The van der Waals surface area contributed by atoms with E-state index in [2.05, 4.69) is 14.7 Å². The summed E-state index contributed by atoms with van der Waals surface area (Å²) in [7, 11) is 1.18. The third-order valence-electron chi connectivity index (χ3n) is 1.46. The molecule has 1 aromatic heterocycles. The highest BCUT2D eigenvalue weighted by Gasteiger charge is 2.09. The highest BCUT2D eigenvalue weighted by Crippen LogP contribution is 2.18. The number of imide groups is 1. The van der Waals surface area contributed by atoms with E-state index in [1.807, 2.05) is 5.32 Å². The molecule has 0 bridgehead atoms. The van der Waals surface area contributed by atoms with Crippen molar-refractivity contribution >= 4 is 29.6 Å². The molecule has 0 aliphatic rings. The van der Waals surface area contributed by atoms with E-state index in [9.17, 15) is 9.59 Å². The molecule has 16 heavy (non-hydrogen) atoms. The van der Waals surface area contributed by atoms with Crippen molar-refractivity contribution in [2.24, 2.45) is 0 Å². The van der Waals surface area contributed by atoms with Crippen LogP contribution in [0.4, 0.5) is 10.6 Å². The molecule has 0 saturated heterocycles. The van der Waals surface area contributed by atoms with Crippen LogP contribution in [0, 0.1) is 0 Å². The normalized spacial score (nSPS) is 9.56. The van der Waals surface area contributed by atoms with Gasteiger partial charge in [0.05, 0.1) is 12.9 Å². The number of ether oxygens (including phenoxy) is 1. The van der Waals surface area contributed by atoms with Gasteiger partial charge in [-0.3, -0.25) is 10.1 Å². The van der Waals surface area contributed by atoms with E-state index in [1.54, 1.807) is 0 Å². The zero-order chi connectivity index (χ0) is 12.0. The van der Waals surface area contributed by atoms with Gasteiger partial charge in [-0.15, -0.1) is 0 Å². The van der Waals surface area contributed by atoms with E-state index in [-0.39, 0.29) is 11.6 Å². The first-order valence-corrected chi connectivity index (χ1v) is 5.19. The Hall–Kier alpha value is -1.83. The first-order chi connectivity index (χ1) is 7.63. The van der Waals surface area contributed by atoms with Gasteiger partial charge < -0.3 is 10.5 Å². The lowest BCUT2D eigenvalue weighted by Crippen LogP contribution is -2.31. The summed E-state index contributed by atoms with van der Waals surface area (Å²) in [6, 6.07) is 0. The molecule has 0 aliphatic carbocycles. The van der Waals surface area contributed by atoms with Crippen molar-refractivity contribution < 1.29 is 14.3 Å². The van der Waals surface area contributed by atoms with Gasteiger partial charge in [-0.1, -0.05) is 11.8 Å². The number of nitrogens with two attached hydrogens (primary N) is 1. The molecule has 7 nitrogen and oxygen atoms in total. The van der Waals surface area contributed by atoms with Crippen molar-refractivity contribution in [3.8, 4) is 0 Å². The molecule has 1 heterocycles. The van der Waals surface area contributed by atoms with Crippen LogP contribution >= 0.6 is 11.8 Å². The van der Waals surface area contributed by atoms with Crippen molar-refractivity contribution in [1.29, 1.82) is 0 Å². The molecule has 8 heteroatoms. The predicted molar refractivity (Wildman–Crippen MR) is 57.7 cm³/mol. The number of anilines is 1. The highest BCUT2D eigenvalue weighted by atomic mass is 32.2. The minimum Gasteiger partial charge on any atom is -0.453 e. The number of amides is 2. The van der Waals surface area contributed by atoms with E-state index in [4.69, 9.17) is 5.73 Å². The summed E-state index contributed by atoms with van der Waals surface area (Å²) in [5.41, 5.74) is 5.52. The number of nitrogen functional groups attached to an aromatic ring is 1. The number of carbonyl (C=O) groups excluding carboxylic acids is 2. The minimum atomic E-state index is -0.794. The Labute approximate surface area is 95.8 Å². The Bertz CT molecular complexity index is 399. The standard InChI is InChI=1S/C8H10N4O3S/c1-15-8(14)12-5(13)4-16-7-6(9)10-2-3-11-7/h2-3H,4H2,1H3,(H2,9,10)(H,12,13,14). The van der Waals surface area contributed by atoms with Gasteiger partial charge in [0.15, 0.2) is 5.82 Å². The molecule has 0 aromatic carbocycles. The molecule has 0 aliphatic heterocycles. The van der Waals surface area contributed by atoms with Crippen LogP contribution in [0.15, 0.2) is 17.4 Å². The minimum absolute atomic E-state index is 0.0119. The number of alkyl carbamates (subject to hydrolysis) is 1. The lowest BCUT2D eigenvalue weighted by Gasteiger charge is -2.03. The summed E-state index contributed by atoms with van der Waals surface area (Å²) in [6.07, 6.45) is 2.13. The van der Waals surface area contributed by atoms with Crippen molar-refractivity contribution in [3.63, 3.8) is 0 Å². The zero-order valence-corrected chi connectivity index (χ0v) is 9.28. The number of carbonyl (C=O) groups is 2. The Morgan fingerprint density at radius 2 is 2.19 bits per heavy atom. The number of thioether (sulfide) groups is 1. The fourth-order valence-electron chi connectivity index (χ4n) is 0.782. The first-order valence-electron chi connectivity index (χ1n) is 4.20. The van der Waals surface area contributed by atoms with Crippen molar-refractivity contribution in [1.82, 2.24) is 15.3 Å². The molecule has 3 N–H and O–H groups in total. The fraction of sp³-hybridized carbons (Fsp3) is 0.250. The number of rotatable bonds is 3. The van der Waals surface area contributed by atoms with Crippen LogP contribution in [-0.4, -0.2) is 34.8 Å². The van der Waals surface area contributed by atoms with E-state index < -0.39 is 12.0 Å². The second kappa shape index (κ2) is 5.91. The highest BCUT2D eigenvalue weighted by molar-refractivity contribution is 8.00. The first kappa shape index (κ1) is 12.2. The molecular weight excluding hydrogens is 232 g/mol. The number of hydrogen-bond donors (Lipinski definition) is 2. The maximum Gasteiger partial charge on any atom is 0.413 e. The molecule has 0 fully saturated rings. The molecular formula is C8H10N4O3S. The van der Waals surface area contributed by atoms with Crippen molar-refractivity contribution in [2.45, 2.75) is 5.03 Å². The Balaban J connectivity index is 2.43. The van der Waals surface area contributed by atoms with E-state index in [0.29, 0.717) is 5.03 Å². The number of hydrogen-bond acceptors (Lipinski definition) is 7. The van der Waals surface area contributed by atoms with Crippen LogP contribution in [0.1, 0.15) is 0 Å². The number of nitrogens with one attached hydrogen (secondary N) is 1. The average molecular weight is 242 g/mol. The zero-order valence-electron chi connectivity index (χ0n) is 8.47. The summed E-state index contributed by atoms with van der Waals surface area (Å²) in [6.45, 7) is 0. The maximum atomic E-state index is 11.2. The summed E-state index contributed by atoms with van der Waals surface area (Å²) < 4.78 is 4.26. The van der Waals surface area contributed by atoms with Gasteiger partial charge >= 0.3 is 6.09 Å². The number of methoxy groups -OCH3 is 1. The molecule has 0 atom stereocenters. The Morgan fingerprint density at radius 3 is 2.81 bits per heavy atom. The molecule has 0 spiro atoms. The topological polar surface area (TPSA) is 107 Å². The van der Waals surface area contributed by atoms with Crippen LogP contribution in [-0.2, 0) is 9.53 Å². The largest absolute Gasteiger partial charge is 0.453 e. The van der Waals surface area contributed by atoms with Gasteiger partial charge in [-0.25, -0.2) is 14.8 Å². The lowest BCUT2D eigenvalue weighted by molar-refractivity contribution is -0.117. The van der Waals surface area contributed by atoms with E-state index in [1.165, 1.54) is 19.5 Å². The van der Waals surface area contributed by atoms with Crippen molar-refractivity contribution in [3.05, 3.63) is 12.4 Å². The van der Waals surface area contributed by atoms with E-state index in [0.717, 1.165) is 11.8 Å². The summed E-state index contributed by atoms with van der Waals surface area (Å²) in [5.74, 6) is -0.224. The summed E-state index contributed by atoms with van der Waals surface area (Å²) in [5, 5.41) is 2.46. The quantitative estimate of drug-likeness (QED) is 0.720. The smallest absolute Gasteiger partial charge is 0.413 e. The summed E-state index contributed by atoms with van der Waals surface area (Å²) >= 11 is 1.09. The number of aromatic nitrogens is 2. The Morgan fingerprint density at radius 1 is 1.50 bits per heavy atom. The van der Waals surface area contributed by atoms with Crippen LogP contribution < -0.4 is 11.1 Å². The van der Waals surface area contributed by atoms with Crippen LogP contribution in [0.3, 0.4) is 0 Å². The molecule has 2 amide bonds. The van der Waals surface area contributed by atoms with Gasteiger partial charge in [0.25, 0.3) is 0 Å². The summed E-state index contributed by atoms with van der Waals surface area (Å²) in [4.78, 5) is 29.6. The molecule has 0 radical (unpaired) electrons. The van der Waals surface area contributed by atoms with Crippen LogP contribution in [0.5, 0.6) is 0 Å². The van der Waals surface area contributed by atoms with Gasteiger partial charge in [0.1, 0.15) is 5.03 Å². The molecule has 1 aromatic rings. The molecule has 1 rings (SSSR count). The Kier molecular flexibility index (Phi) is 4.52. The van der Waals surface area contributed by atoms with Crippen LogP contribution in [0.25, 0.3) is 0 Å². The van der Waals surface area contributed by atoms with Crippen LogP contribution in [0.2, 0.25) is 0 Å². The predicted octanol–water partition coefficient (Wildman–Crippen LogP) is 0.0335. The number of nitrogens with zero attached hydrogens (tertiary/aromatic N) is 2. The molecule has 0 unspecified atom stereocenters. The third-order valence-corrected chi connectivity index (χ3v) is 2.45. The van der Waals surface area contributed by atoms with Crippen molar-refractivity contribution in [2.75, 3.05) is 18.6 Å². The second-order valence-electron chi connectivity index (χ2n) is 2.58. The van der Waals surface area contributed by atoms with Gasteiger partial charge in [-0.05, 0) is 0 Å². The lowest BCUT2D eigenvalue weighted by atomic mass is 10.7. The van der Waals surface area contributed by atoms with E-state index >= 15 is 0 Å². The monoisotopic (exact) mass is 242 g/mol. The molecule has 86 valence electrons. The van der Waals surface area contributed by atoms with Gasteiger partial charge in [0, 0.05) is 12.4 Å². The second-order valence-corrected chi connectivity index (χ2v) is 3.54. The average Bonchev–Trinajstić information content (AvgIpc) is 2.28. The third kappa shape index (κ3) is 3.73.